The van der Waals surface area contributed by atoms with Gasteiger partial charge in [-0.25, -0.2) is 0 Å². The van der Waals surface area contributed by atoms with Crippen molar-refractivity contribution in [2.75, 3.05) is 26.2 Å². The third kappa shape index (κ3) is 3.13. The second kappa shape index (κ2) is 5.77. The molecule has 2 atom stereocenters. The summed E-state index contributed by atoms with van der Waals surface area (Å²) in [5.41, 5.74) is 5.68. The van der Waals surface area contributed by atoms with Gasteiger partial charge in [0.15, 0.2) is 0 Å². The van der Waals surface area contributed by atoms with E-state index in [0.717, 1.165) is 26.2 Å². The minimum Gasteiger partial charge on any atom is -0.392 e. The van der Waals surface area contributed by atoms with Crippen LogP contribution in [0.1, 0.15) is 27.2 Å². The maximum absolute atomic E-state index is 5.68. The van der Waals surface area contributed by atoms with Crippen molar-refractivity contribution in [2.45, 2.75) is 39.3 Å². The molecule has 1 rings (SSSR count). The number of thiocarbonyl (C=S) groups is 1. The van der Waals surface area contributed by atoms with Gasteiger partial charge in [0.25, 0.3) is 0 Å². The second-order valence-corrected chi connectivity index (χ2v) is 4.71. The predicted molar refractivity (Wildman–Crippen MR) is 69.1 cm³/mol. The molecule has 1 aliphatic rings. The molecule has 15 heavy (non-hydrogen) atoms. The van der Waals surface area contributed by atoms with Crippen molar-refractivity contribution in [3.05, 3.63) is 0 Å². The monoisotopic (exact) mass is 229 g/mol. The van der Waals surface area contributed by atoms with Crippen molar-refractivity contribution in [3.8, 4) is 0 Å². The first kappa shape index (κ1) is 12.9. The molecule has 1 saturated heterocycles. The first-order valence-electron chi connectivity index (χ1n) is 5.87. The Morgan fingerprint density at radius 3 is 2.60 bits per heavy atom. The molecule has 0 aliphatic carbocycles. The van der Waals surface area contributed by atoms with Crippen molar-refractivity contribution >= 4 is 17.2 Å². The van der Waals surface area contributed by atoms with Crippen LogP contribution < -0.4 is 5.73 Å². The van der Waals surface area contributed by atoms with Crippen LogP contribution in [0.25, 0.3) is 0 Å². The van der Waals surface area contributed by atoms with E-state index in [-0.39, 0.29) is 6.04 Å². The molecule has 1 fully saturated rings. The quantitative estimate of drug-likeness (QED) is 0.715. The van der Waals surface area contributed by atoms with E-state index in [1.54, 1.807) is 0 Å². The van der Waals surface area contributed by atoms with Crippen molar-refractivity contribution in [1.82, 2.24) is 9.80 Å². The first-order chi connectivity index (χ1) is 7.10. The standard InChI is InChI=1S/C11H23N3S/c1-4-13(5-2)10-6-7-14(8-10)9(3)11(12)15/h9-10H,4-8H2,1-3H3,(H2,12,15). The second-order valence-electron chi connectivity index (χ2n) is 4.24. The lowest BCUT2D eigenvalue weighted by Crippen LogP contribution is -2.43. The molecule has 0 spiro atoms. The van der Waals surface area contributed by atoms with Crippen LogP contribution in [0.3, 0.4) is 0 Å². The van der Waals surface area contributed by atoms with Gasteiger partial charge < -0.3 is 5.73 Å². The molecule has 0 amide bonds. The number of likely N-dealkylation sites (N-methyl/N-ethyl adjacent to an activating group) is 1. The number of nitrogens with zero attached hydrogens (tertiary/aromatic N) is 2. The smallest absolute Gasteiger partial charge is 0.0899 e. The highest BCUT2D eigenvalue weighted by Gasteiger charge is 2.29. The Morgan fingerprint density at radius 2 is 2.13 bits per heavy atom. The Labute approximate surface area is 98.6 Å². The fourth-order valence-corrected chi connectivity index (χ4v) is 2.49. The van der Waals surface area contributed by atoms with Crippen LogP contribution in [0.5, 0.6) is 0 Å². The largest absolute Gasteiger partial charge is 0.392 e. The number of hydrogen-bond donors (Lipinski definition) is 1. The fraction of sp³-hybridized carbons (Fsp3) is 0.909. The van der Waals surface area contributed by atoms with Crippen molar-refractivity contribution in [1.29, 1.82) is 0 Å². The lowest BCUT2D eigenvalue weighted by molar-refractivity contribution is 0.207. The Morgan fingerprint density at radius 1 is 1.53 bits per heavy atom. The first-order valence-corrected chi connectivity index (χ1v) is 6.28. The maximum Gasteiger partial charge on any atom is 0.0899 e. The Kier molecular flexibility index (Phi) is 4.96. The Bertz CT molecular complexity index is 216. The van der Waals surface area contributed by atoms with E-state index >= 15 is 0 Å². The van der Waals surface area contributed by atoms with Gasteiger partial charge >= 0.3 is 0 Å². The highest BCUT2D eigenvalue weighted by molar-refractivity contribution is 7.80. The summed E-state index contributed by atoms with van der Waals surface area (Å²) >= 11 is 5.04. The summed E-state index contributed by atoms with van der Waals surface area (Å²) < 4.78 is 0. The zero-order chi connectivity index (χ0) is 11.4. The van der Waals surface area contributed by atoms with Crippen LogP contribution in [0.4, 0.5) is 0 Å². The van der Waals surface area contributed by atoms with Crippen LogP contribution in [0.15, 0.2) is 0 Å². The minimum absolute atomic E-state index is 0.251. The van der Waals surface area contributed by atoms with Gasteiger partial charge in [-0.15, -0.1) is 0 Å². The third-order valence-corrected chi connectivity index (χ3v) is 3.82. The number of rotatable bonds is 5. The highest BCUT2D eigenvalue weighted by atomic mass is 32.1. The van der Waals surface area contributed by atoms with E-state index < -0.39 is 0 Å². The molecule has 3 nitrogen and oxygen atoms in total. The maximum atomic E-state index is 5.68. The molecule has 2 unspecified atom stereocenters. The third-order valence-electron chi connectivity index (χ3n) is 3.48. The SMILES string of the molecule is CCN(CC)C1CCN(C(C)C(N)=S)C1. The van der Waals surface area contributed by atoms with Gasteiger partial charge in [-0.3, -0.25) is 9.80 Å². The molecule has 0 radical (unpaired) electrons. The molecule has 1 heterocycles. The topological polar surface area (TPSA) is 32.5 Å². The van der Waals surface area contributed by atoms with Gasteiger partial charge in [-0.2, -0.15) is 0 Å². The number of likely N-dealkylation sites (tertiary alicyclic amines) is 1. The molecule has 0 bridgehead atoms. The Hall–Kier alpha value is -0.190. The summed E-state index contributed by atoms with van der Waals surface area (Å²) in [6, 6.07) is 0.942. The van der Waals surface area contributed by atoms with Crippen LogP contribution in [-0.4, -0.2) is 53.1 Å². The van der Waals surface area contributed by atoms with Crippen LogP contribution in [0.2, 0.25) is 0 Å². The summed E-state index contributed by atoms with van der Waals surface area (Å²) in [4.78, 5) is 5.53. The van der Waals surface area contributed by atoms with Gasteiger partial charge in [-0.05, 0) is 26.4 Å². The van der Waals surface area contributed by atoms with Crippen LogP contribution in [-0.2, 0) is 0 Å². The van der Waals surface area contributed by atoms with Crippen molar-refractivity contribution < 1.29 is 0 Å². The molecule has 0 aromatic heterocycles. The van der Waals surface area contributed by atoms with Crippen molar-refractivity contribution in [2.24, 2.45) is 5.73 Å². The summed E-state index contributed by atoms with van der Waals surface area (Å²) in [6.45, 7) is 11.1. The lowest BCUT2D eigenvalue weighted by Gasteiger charge is -2.28. The molecular weight excluding hydrogens is 206 g/mol. The molecule has 0 aromatic rings. The molecule has 2 N–H and O–H groups in total. The van der Waals surface area contributed by atoms with E-state index in [1.807, 2.05) is 0 Å². The molecule has 88 valence electrons. The van der Waals surface area contributed by atoms with Crippen LogP contribution >= 0.6 is 12.2 Å². The summed E-state index contributed by atoms with van der Waals surface area (Å²) in [5.74, 6) is 0. The van der Waals surface area contributed by atoms with E-state index in [2.05, 4.69) is 30.6 Å². The van der Waals surface area contributed by atoms with Crippen LogP contribution in [0, 0.1) is 0 Å². The normalized spacial score (nSPS) is 24.7. The average Bonchev–Trinajstić information content (AvgIpc) is 2.67. The molecule has 4 heteroatoms. The number of nitrogens with two attached hydrogens (primary N) is 1. The van der Waals surface area contributed by atoms with Crippen molar-refractivity contribution in [3.63, 3.8) is 0 Å². The molecule has 0 saturated carbocycles. The van der Waals surface area contributed by atoms with E-state index in [1.165, 1.54) is 6.42 Å². The highest BCUT2D eigenvalue weighted by Crippen LogP contribution is 2.17. The van der Waals surface area contributed by atoms with E-state index in [0.29, 0.717) is 11.0 Å². The minimum atomic E-state index is 0.251. The Balaban J connectivity index is 2.48. The summed E-state index contributed by atoms with van der Waals surface area (Å²) in [7, 11) is 0. The fourth-order valence-electron chi connectivity index (χ4n) is 2.34. The van der Waals surface area contributed by atoms with Gasteiger partial charge in [0.05, 0.1) is 11.0 Å². The summed E-state index contributed by atoms with van der Waals surface area (Å²) in [6.07, 6.45) is 1.24. The van der Waals surface area contributed by atoms with Gasteiger partial charge in [0.2, 0.25) is 0 Å². The van der Waals surface area contributed by atoms with E-state index in [4.69, 9.17) is 18.0 Å². The predicted octanol–water partition coefficient (Wildman–Crippen LogP) is 1.08. The molecular formula is C11H23N3S. The summed E-state index contributed by atoms with van der Waals surface area (Å²) in [5, 5.41) is 0. The van der Waals surface area contributed by atoms with Gasteiger partial charge in [0.1, 0.15) is 0 Å². The molecule has 0 aromatic carbocycles. The zero-order valence-corrected chi connectivity index (χ0v) is 10.9. The lowest BCUT2D eigenvalue weighted by atomic mass is 10.2. The zero-order valence-electron chi connectivity index (χ0n) is 10.1. The molecule has 1 aliphatic heterocycles. The van der Waals surface area contributed by atoms with Gasteiger partial charge in [0, 0.05) is 19.1 Å². The van der Waals surface area contributed by atoms with Gasteiger partial charge in [-0.1, -0.05) is 26.1 Å². The van der Waals surface area contributed by atoms with E-state index in [9.17, 15) is 0 Å². The number of hydrogen-bond acceptors (Lipinski definition) is 3. The average molecular weight is 229 g/mol.